The molecule has 0 saturated heterocycles. The highest BCUT2D eigenvalue weighted by molar-refractivity contribution is 5.81. The molecule has 0 bridgehead atoms. The Hall–Kier alpha value is -2.97. The highest BCUT2D eigenvalue weighted by Gasteiger charge is 2.30. The van der Waals surface area contributed by atoms with Gasteiger partial charge in [0.15, 0.2) is 11.6 Å². The third-order valence-corrected chi connectivity index (χ3v) is 4.52. The van der Waals surface area contributed by atoms with Gasteiger partial charge in [-0.25, -0.2) is 27.5 Å². The molecule has 4 aromatic rings. The Morgan fingerprint density at radius 3 is 2.46 bits per heavy atom. The van der Waals surface area contributed by atoms with Gasteiger partial charge in [-0.2, -0.15) is 0 Å². The van der Waals surface area contributed by atoms with Crippen LogP contribution in [-0.2, 0) is 0 Å². The summed E-state index contributed by atoms with van der Waals surface area (Å²) in [5.74, 6) is -1.55. The van der Waals surface area contributed by atoms with Crippen molar-refractivity contribution in [3.05, 3.63) is 48.1 Å². The number of hydrogen-bond donors (Lipinski definition) is 0. The van der Waals surface area contributed by atoms with Crippen LogP contribution in [0, 0.1) is 11.6 Å². The van der Waals surface area contributed by atoms with Crippen molar-refractivity contribution in [2.24, 2.45) is 0 Å². The average Bonchev–Trinajstić information content (AvgIpc) is 3.26. The van der Waals surface area contributed by atoms with Crippen LogP contribution in [0.2, 0.25) is 0 Å². The topological polar surface area (TPSA) is 48.5 Å². The Kier molecular flexibility index (Phi) is 3.10. The minimum absolute atomic E-state index is 0.105. The van der Waals surface area contributed by atoms with Crippen LogP contribution >= 0.6 is 0 Å². The number of hydrogen-bond acceptors (Lipinski definition) is 3. The van der Waals surface area contributed by atoms with Gasteiger partial charge in [-0.1, -0.05) is 0 Å². The van der Waals surface area contributed by atoms with Crippen molar-refractivity contribution in [2.75, 3.05) is 0 Å². The Morgan fingerprint density at radius 2 is 1.73 bits per heavy atom. The van der Waals surface area contributed by atoms with E-state index in [1.807, 2.05) is 0 Å². The minimum Gasteiger partial charge on any atom is -0.306 e. The van der Waals surface area contributed by atoms with E-state index in [-0.39, 0.29) is 11.7 Å². The zero-order valence-corrected chi connectivity index (χ0v) is 13.2. The van der Waals surface area contributed by atoms with Gasteiger partial charge in [-0.15, -0.1) is 0 Å². The van der Waals surface area contributed by atoms with Crippen molar-refractivity contribution >= 4 is 22.1 Å². The molecule has 0 unspecified atom stereocenters. The summed E-state index contributed by atoms with van der Waals surface area (Å²) in [6.07, 6.45) is 1.78. The van der Waals surface area contributed by atoms with E-state index < -0.39 is 18.1 Å². The highest BCUT2D eigenvalue weighted by atomic mass is 19.3. The normalized spacial score (nSPS) is 14.8. The summed E-state index contributed by atoms with van der Waals surface area (Å²) in [4.78, 5) is 12.3. The van der Waals surface area contributed by atoms with Gasteiger partial charge in [-0.3, -0.25) is 9.55 Å². The average molecular weight is 361 g/mol. The summed E-state index contributed by atoms with van der Waals surface area (Å²) in [5.41, 5.74) is 1.24. The molecular formula is C17H11F4N5. The van der Waals surface area contributed by atoms with Crippen LogP contribution in [0.25, 0.3) is 28.0 Å². The predicted molar refractivity (Wildman–Crippen MR) is 85.3 cm³/mol. The number of benzene rings is 1. The Morgan fingerprint density at radius 1 is 0.962 bits per heavy atom. The fourth-order valence-electron chi connectivity index (χ4n) is 3.15. The van der Waals surface area contributed by atoms with Gasteiger partial charge < -0.3 is 4.57 Å². The summed E-state index contributed by atoms with van der Waals surface area (Å²) in [5, 5.41) is 0. The molecule has 26 heavy (non-hydrogen) atoms. The van der Waals surface area contributed by atoms with Crippen molar-refractivity contribution in [1.82, 2.24) is 24.1 Å². The number of rotatable bonds is 3. The molecule has 5 nitrogen and oxygen atoms in total. The second-order valence-corrected chi connectivity index (χ2v) is 6.28. The Balaban J connectivity index is 1.80. The van der Waals surface area contributed by atoms with Gasteiger partial charge in [0, 0.05) is 18.2 Å². The van der Waals surface area contributed by atoms with Gasteiger partial charge in [0.2, 0.25) is 5.95 Å². The molecule has 1 saturated carbocycles. The van der Waals surface area contributed by atoms with Crippen molar-refractivity contribution in [3.63, 3.8) is 0 Å². The van der Waals surface area contributed by atoms with Crippen LogP contribution in [0.3, 0.4) is 0 Å². The van der Waals surface area contributed by atoms with Crippen molar-refractivity contribution < 1.29 is 17.6 Å². The van der Waals surface area contributed by atoms with Crippen LogP contribution in [0.1, 0.15) is 31.0 Å². The predicted octanol–water partition coefficient (Wildman–Crippen LogP) is 4.32. The number of nitrogens with zero attached hydrogens (tertiary/aromatic N) is 5. The molecular weight excluding hydrogens is 350 g/mol. The summed E-state index contributed by atoms with van der Waals surface area (Å²) >= 11 is 0. The molecule has 0 radical (unpaired) electrons. The number of pyridine rings is 1. The van der Waals surface area contributed by atoms with Gasteiger partial charge in [0.25, 0.3) is 6.43 Å². The van der Waals surface area contributed by atoms with E-state index in [9.17, 15) is 17.6 Å². The monoisotopic (exact) mass is 361 g/mol. The first-order chi connectivity index (χ1) is 12.5. The Labute approximate surface area is 143 Å². The lowest BCUT2D eigenvalue weighted by molar-refractivity contribution is 0.146. The van der Waals surface area contributed by atoms with Crippen LogP contribution in [-0.4, -0.2) is 24.1 Å². The Bertz CT molecular complexity index is 1160. The molecule has 0 amide bonds. The standard InChI is InChI=1S/C17H11F4N5/c18-9-3-11-15(4-10(9)19)26(8-1-2-8)17(24-11)25-7-23-13-6-22-12(16(20)21)5-14(13)25/h3-8,16H,1-2H2. The van der Waals surface area contributed by atoms with Crippen LogP contribution < -0.4 is 0 Å². The maximum absolute atomic E-state index is 13.7. The van der Waals surface area contributed by atoms with Gasteiger partial charge in [0.1, 0.15) is 17.5 Å². The third-order valence-electron chi connectivity index (χ3n) is 4.52. The lowest BCUT2D eigenvalue weighted by atomic mass is 10.3. The smallest absolute Gasteiger partial charge is 0.280 e. The largest absolute Gasteiger partial charge is 0.306 e. The van der Waals surface area contributed by atoms with Crippen molar-refractivity contribution in [2.45, 2.75) is 25.3 Å². The van der Waals surface area contributed by atoms with Crippen LogP contribution in [0.4, 0.5) is 17.6 Å². The molecule has 1 aromatic carbocycles. The highest BCUT2D eigenvalue weighted by Crippen LogP contribution is 2.40. The van der Waals surface area contributed by atoms with Crippen molar-refractivity contribution in [1.29, 1.82) is 0 Å². The molecule has 1 fully saturated rings. The van der Waals surface area contributed by atoms with Gasteiger partial charge in [0.05, 0.1) is 22.7 Å². The number of fused-ring (bicyclic) bond motifs is 2. The van der Waals surface area contributed by atoms with Gasteiger partial charge >= 0.3 is 0 Å². The number of alkyl halides is 2. The van der Waals surface area contributed by atoms with E-state index in [1.165, 1.54) is 18.6 Å². The summed E-state index contributed by atoms with van der Waals surface area (Å²) in [6, 6.07) is 3.52. The molecule has 0 N–H and O–H groups in total. The molecule has 1 aliphatic carbocycles. The SMILES string of the molecule is Fc1cc2nc(-n3cnc4cnc(C(F)F)cc43)n(C3CC3)c2cc1F. The molecule has 0 spiro atoms. The molecule has 3 heterocycles. The first kappa shape index (κ1) is 15.3. The zero-order chi connectivity index (χ0) is 18.0. The lowest BCUT2D eigenvalue weighted by Crippen LogP contribution is -2.05. The van der Waals surface area contributed by atoms with E-state index in [1.54, 1.807) is 9.13 Å². The quantitative estimate of drug-likeness (QED) is 0.511. The first-order valence-electron chi connectivity index (χ1n) is 8.01. The summed E-state index contributed by atoms with van der Waals surface area (Å²) in [6.45, 7) is 0. The molecule has 5 rings (SSSR count). The van der Waals surface area contributed by atoms with E-state index >= 15 is 0 Å². The molecule has 0 aliphatic heterocycles. The van der Waals surface area contributed by atoms with Crippen LogP contribution in [0.15, 0.2) is 30.7 Å². The lowest BCUT2D eigenvalue weighted by Gasteiger charge is -2.09. The van der Waals surface area contributed by atoms with Gasteiger partial charge in [-0.05, 0) is 18.9 Å². The van der Waals surface area contributed by atoms with Crippen LogP contribution in [0.5, 0.6) is 0 Å². The van der Waals surface area contributed by atoms with E-state index in [2.05, 4.69) is 15.0 Å². The second kappa shape index (κ2) is 5.26. The van der Waals surface area contributed by atoms with E-state index in [0.29, 0.717) is 28.0 Å². The van der Waals surface area contributed by atoms with E-state index in [4.69, 9.17) is 0 Å². The van der Waals surface area contributed by atoms with Crippen molar-refractivity contribution in [3.8, 4) is 5.95 Å². The zero-order valence-electron chi connectivity index (χ0n) is 13.2. The summed E-state index contributed by atoms with van der Waals surface area (Å²) in [7, 11) is 0. The number of aromatic nitrogens is 5. The first-order valence-corrected chi connectivity index (χ1v) is 8.01. The maximum Gasteiger partial charge on any atom is 0.280 e. The number of imidazole rings is 2. The number of halogens is 4. The third kappa shape index (κ3) is 2.19. The second-order valence-electron chi connectivity index (χ2n) is 6.28. The minimum atomic E-state index is -2.71. The molecule has 9 heteroatoms. The maximum atomic E-state index is 13.7. The fraction of sp³-hybridized carbons (Fsp3) is 0.235. The molecule has 132 valence electrons. The van der Waals surface area contributed by atoms with E-state index in [0.717, 1.165) is 25.0 Å². The fourth-order valence-corrected chi connectivity index (χ4v) is 3.15. The summed E-state index contributed by atoms with van der Waals surface area (Å²) < 4.78 is 56.7. The molecule has 1 aliphatic rings. The molecule has 0 atom stereocenters. The molecule has 3 aromatic heterocycles.